The molecule has 1 N–H and O–H groups in total. The molecule has 3 nitrogen and oxygen atoms in total. The summed E-state index contributed by atoms with van der Waals surface area (Å²) in [6, 6.07) is 0.821. The van der Waals surface area contributed by atoms with Crippen LogP contribution in [0.15, 0.2) is 0 Å². The van der Waals surface area contributed by atoms with Gasteiger partial charge in [0.25, 0.3) is 0 Å². The first-order valence-electron chi connectivity index (χ1n) is 7.07. The number of hydrogen-bond donors (Lipinski definition) is 1. The summed E-state index contributed by atoms with van der Waals surface area (Å²) in [5.41, 5.74) is 0. The van der Waals surface area contributed by atoms with Crippen molar-refractivity contribution >= 4 is 0 Å². The van der Waals surface area contributed by atoms with Crippen molar-refractivity contribution in [2.24, 2.45) is 0 Å². The van der Waals surface area contributed by atoms with Crippen molar-refractivity contribution in [2.45, 2.75) is 38.6 Å². The molecule has 16 heavy (non-hydrogen) atoms. The van der Waals surface area contributed by atoms with Gasteiger partial charge >= 0.3 is 0 Å². The molecule has 3 heteroatoms. The van der Waals surface area contributed by atoms with E-state index in [0.717, 1.165) is 6.04 Å². The van der Waals surface area contributed by atoms with Gasteiger partial charge in [-0.1, -0.05) is 13.3 Å². The van der Waals surface area contributed by atoms with Gasteiger partial charge in [-0.15, -0.1) is 0 Å². The summed E-state index contributed by atoms with van der Waals surface area (Å²) in [4.78, 5) is 5.34. The number of piperidine rings is 1. The summed E-state index contributed by atoms with van der Waals surface area (Å²) in [7, 11) is 0. The predicted octanol–water partition coefficient (Wildman–Crippen LogP) is 1.16. The largest absolute Gasteiger partial charge is 0.315 e. The highest BCUT2D eigenvalue weighted by Crippen LogP contribution is 2.13. The molecule has 2 fully saturated rings. The van der Waals surface area contributed by atoms with Crippen LogP contribution in [0, 0.1) is 0 Å². The third-order valence-electron chi connectivity index (χ3n) is 4.02. The lowest BCUT2D eigenvalue weighted by molar-refractivity contribution is 0.0837. The van der Waals surface area contributed by atoms with E-state index in [4.69, 9.17) is 0 Å². The van der Waals surface area contributed by atoms with Crippen LogP contribution in [-0.4, -0.2) is 61.7 Å². The normalized spacial score (nSPS) is 29.4. The second-order valence-corrected chi connectivity index (χ2v) is 5.23. The highest BCUT2D eigenvalue weighted by molar-refractivity contribution is 4.82. The van der Waals surface area contributed by atoms with Crippen molar-refractivity contribution in [3.05, 3.63) is 0 Å². The monoisotopic (exact) mass is 225 g/mol. The van der Waals surface area contributed by atoms with Crippen molar-refractivity contribution in [2.75, 3.05) is 45.8 Å². The standard InChI is InChI=1S/C13H27N3/c1-2-3-7-15-8-10-16(11-9-15)13-5-4-6-14-12-13/h13-14H,2-12H2,1H3. The summed E-state index contributed by atoms with van der Waals surface area (Å²) in [5, 5.41) is 3.52. The number of hydrogen-bond acceptors (Lipinski definition) is 3. The molecule has 2 aliphatic rings. The summed E-state index contributed by atoms with van der Waals surface area (Å²) >= 11 is 0. The zero-order valence-corrected chi connectivity index (χ0v) is 10.7. The predicted molar refractivity (Wildman–Crippen MR) is 68.8 cm³/mol. The van der Waals surface area contributed by atoms with Crippen LogP contribution < -0.4 is 5.32 Å². The van der Waals surface area contributed by atoms with Crippen LogP contribution in [0.25, 0.3) is 0 Å². The number of nitrogens with zero attached hydrogens (tertiary/aromatic N) is 2. The summed E-state index contributed by atoms with van der Waals surface area (Å²) < 4.78 is 0. The molecule has 2 saturated heterocycles. The van der Waals surface area contributed by atoms with Crippen LogP contribution >= 0.6 is 0 Å². The van der Waals surface area contributed by atoms with E-state index in [1.54, 1.807) is 0 Å². The van der Waals surface area contributed by atoms with E-state index in [2.05, 4.69) is 22.0 Å². The Balaban J connectivity index is 1.67. The average Bonchev–Trinajstić information content (AvgIpc) is 2.38. The highest BCUT2D eigenvalue weighted by atomic mass is 15.3. The Hall–Kier alpha value is -0.120. The van der Waals surface area contributed by atoms with Gasteiger partial charge < -0.3 is 10.2 Å². The van der Waals surface area contributed by atoms with Crippen molar-refractivity contribution < 1.29 is 0 Å². The fourth-order valence-corrected chi connectivity index (χ4v) is 2.88. The molecule has 0 aromatic carbocycles. The lowest BCUT2D eigenvalue weighted by Gasteiger charge is -2.40. The van der Waals surface area contributed by atoms with Crippen LogP contribution in [-0.2, 0) is 0 Å². The molecule has 2 rings (SSSR count). The molecule has 0 bridgehead atoms. The number of piperazine rings is 1. The smallest absolute Gasteiger partial charge is 0.0222 e. The fourth-order valence-electron chi connectivity index (χ4n) is 2.88. The minimum atomic E-state index is 0.821. The van der Waals surface area contributed by atoms with Crippen LogP contribution in [0.2, 0.25) is 0 Å². The zero-order valence-electron chi connectivity index (χ0n) is 10.7. The fraction of sp³-hybridized carbons (Fsp3) is 1.00. The van der Waals surface area contributed by atoms with E-state index in [1.165, 1.54) is 71.5 Å². The van der Waals surface area contributed by atoms with Gasteiger partial charge in [0.1, 0.15) is 0 Å². The molecule has 0 saturated carbocycles. The average molecular weight is 225 g/mol. The molecule has 0 spiro atoms. The second-order valence-electron chi connectivity index (χ2n) is 5.23. The van der Waals surface area contributed by atoms with E-state index >= 15 is 0 Å². The maximum Gasteiger partial charge on any atom is 0.0222 e. The molecule has 94 valence electrons. The molecule has 1 unspecified atom stereocenters. The molecule has 0 radical (unpaired) electrons. The van der Waals surface area contributed by atoms with E-state index in [9.17, 15) is 0 Å². The first-order valence-corrected chi connectivity index (χ1v) is 7.07. The molecular weight excluding hydrogens is 198 g/mol. The Labute approximate surface area is 100 Å². The topological polar surface area (TPSA) is 18.5 Å². The zero-order chi connectivity index (χ0) is 11.2. The van der Waals surface area contributed by atoms with Gasteiger partial charge in [0.05, 0.1) is 0 Å². The number of rotatable bonds is 4. The van der Waals surface area contributed by atoms with E-state index < -0.39 is 0 Å². The second kappa shape index (κ2) is 6.58. The van der Waals surface area contributed by atoms with Gasteiger partial charge in [-0.05, 0) is 32.4 Å². The maximum atomic E-state index is 3.52. The van der Waals surface area contributed by atoms with E-state index in [-0.39, 0.29) is 0 Å². The van der Waals surface area contributed by atoms with Crippen molar-refractivity contribution in [3.8, 4) is 0 Å². The first kappa shape index (κ1) is 12.3. The number of nitrogens with one attached hydrogen (secondary N) is 1. The van der Waals surface area contributed by atoms with Gasteiger partial charge in [-0.25, -0.2) is 0 Å². The summed E-state index contributed by atoms with van der Waals surface area (Å²) in [6.45, 7) is 11.2. The lowest BCUT2D eigenvalue weighted by Crippen LogP contribution is -2.54. The third kappa shape index (κ3) is 3.44. The molecule has 2 heterocycles. The van der Waals surface area contributed by atoms with Crippen molar-refractivity contribution in [1.29, 1.82) is 0 Å². The van der Waals surface area contributed by atoms with Crippen LogP contribution in [0.5, 0.6) is 0 Å². The molecule has 1 atom stereocenters. The highest BCUT2D eigenvalue weighted by Gasteiger charge is 2.24. The van der Waals surface area contributed by atoms with Crippen molar-refractivity contribution in [3.63, 3.8) is 0 Å². The maximum absolute atomic E-state index is 3.52. The van der Waals surface area contributed by atoms with Gasteiger partial charge in [-0.3, -0.25) is 4.90 Å². The Bertz CT molecular complexity index is 182. The van der Waals surface area contributed by atoms with Crippen LogP contribution in [0.4, 0.5) is 0 Å². The molecule has 0 aromatic heterocycles. The summed E-state index contributed by atoms with van der Waals surface area (Å²) in [5.74, 6) is 0. The van der Waals surface area contributed by atoms with Gasteiger partial charge in [-0.2, -0.15) is 0 Å². The van der Waals surface area contributed by atoms with Gasteiger partial charge in [0, 0.05) is 38.8 Å². The number of unbranched alkanes of at least 4 members (excludes halogenated alkanes) is 1. The van der Waals surface area contributed by atoms with Crippen LogP contribution in [0.1, 0.15) is 32.6 Å². The third-order valence-corrected chi connectivity index (χ3v) is 4.02. The molecule has 0 aromatic rings. The quantitative estimate of drug-likeness (QED) is 0.774. The van der Waals surface area contributed by atoms with E-state index in [1.807, 2.05) is 0 Å². The first-order chi connectivity index (χ1) is 7.90. The Morgan fingerprint density at radius 2 is 2.00 bits per heavy atom. The molecule has 0 aliphatic carbocycles. The van der Waals surface area contributed by atoms with Gasteiger partial charge in [0.2, 0.25) is 0 Å². The Kier molecular flexibility index (Phi) is 5.07. The molecular formula is C13H27N3. The minimum absolute atomic E-state index is 0.821. The van der Waals surface area contributed by atoms with Gasteiger partial charge in [0.15, 0.2) is 0 Å². The SMILES string of the molecule is CCCCN1CCN(C2CCCNC2)CC1. The molecule has 2 aliphatic heterocycles. The van der Waals surface area contributed by atoms with Crippen molar-refractivity contribution in [1.82, 2.24) is 15.1 Å². The Morgan fingerprint density at radius 3 is 2.62 bits per heavy atom. The lowest BCUT2D eigenvalue weighted by atomic mass is 10.1. The van der Waals surface area contributed by atoms with Crippen LogP contribution in [0.3, 0.4) is 0 Å². The minimum Gasteiger partial charge on any atom is -0.315 e. The van der Waals surface area contributed by atoms with E-state index in [0.29, 0.717) is 0 Å². The summed E-state index contributed by atoms with van der Waals surface area (Å²) in [6.07, 6.45) is 5.46. The Morgan fingerprint density at radius 1 is 1.19 bits per heavy atom. The molecule has 0 amide bonds.